The second-order valence-electron chi connectivity index (χ2n) is 11.9. The van der Waals surface area contributed by atoms with E-state index >= 15 is 0 Å². The highest BCUT2D eigenvalue weighted by molar-refractivity contribution is 5.96. The Morgan fingerprint density at radius 2 is 1.60 bits per heavy atom. The fourth-order valence-electron chi connectivity index (χ4n) is 6.12. The van der Waals surface area contributed by atoms with Gasteiger partial charge in [-0.3, -0.25) is 14.5 Å². The van der Waals surface area contributed by atoms with Crippen molar-refractivity contribution < 1.29 is 23.9 Å². The molecule has 0 radical (unpaired) electrons. The van der Waals surface area contributed by atoms with Crippen LogP contribution in [0, 0.1) is 27.7 Å². The van der Waals surface area contributed by atoms with E-state index < -0.39 is 0 Å². The summed E-state index contributed by atoms with van der Waals surface area (Å²) in [5.74, 6) is 0.869. The normalized spacial score (nSPS) is 15.8. The van der Waals surface area contributed by atoms with Crippen molar-refractivity contribution in [2.45, 2.75) is 79.7 Å². The van der Waals surface area contributed by atoms with Crippen molar-refractivity contribution in [1.29, 1.82) is 0 Å². The first-order chi connectivity index (χ1) is 20.1. The van der Waals surface area contributed by atoms with E-state index in [0.29, 0.717) is 24.2 Å². The molecular formula is C34H53N4O4+. The average Bonchev–Trinajstić information content (AvgIpc) is 2.96. The van der Waals surface area contributed by atoms with E-state index in [0.717, 1.165) is 97.7 Å². The summed E-state index contributed by atoms with van der Waals surface area (Å²) < 4.78 is 6.67. The third kappa shape index (κ3) is 9.03. The van der Waals surface area contributed by atoms with Crippen LogP contribution in [0.1, 0.15) is 68.2 Å². The van der Waals surface area contributed by atoms with E-state index in [1.807, 2.05) is 58.0 Å². The molecule has 1 aliphatic rings. The van der Waals surface area contributed by atoms with Gasteiger partial charge in [0, 0.05) is 11.4 Å². The van der Waals surface area contributed by atoms with Gasteiger partial charge in [0.15, 0.2) is 6.54 Å². The van der Waals surface area contributed by atoms with Crippen LogP contribution >= 0.6 is 0 Å². The van der Waals surface area contributed by atoms with Gasteiger partial charge in [-0.2, -0.15) is 0 Å². The molecule has 0 aromatic heterocycles. The number of likely N-dealkylation sites (tertiary alicyclic amines) is 1. The molecule has 0 bridgehead atoms. The van der Waals surface area contributed by atoms with Crippen LogP contribution in [0.15, 0.2) is 30.3 Å². The number of ether oxygens (including phenoxy) is 1. The molecule has 0 saturated carbocycles. The summed E-state index contributed by atoms with van der Waals surface area (Å²) in [7, 11) is 0. The third-order valence-electron chi connectivity index (χ3n) is 8.92. The fraction of sp³-hybridized carbons (Fsp3) is 0.588. The predicted molar refractivity (Wildman–Crippen MR) is 171 cm³/mol. The minimum absolute atomic E-state index is 0.0363. The van der Waals surface area contributed by atoms with Crippen LogP contribution in [0.25, 0.3) is 0 Å². The Bertz CT molecular complexity index is 1150. The number of unbranched alkanes of at least 4 members (excludes halogenated alkanes) is 1. The Kier molecular flexibility index (Phi) is 12.8. The van der Waals surface area contributed by atoms with Gasteiger partial charge in [-0.25, -0.2) is 0 Å². The molecular weight excluding hydrogens is 528 g/mol. The first kappa shape index (κ1) is 33.6. The standard InChI is InChI=1S/C34H52N4O4/c1-7-38(8-2,19-20-39)24-31(40)35-33-27(5)22-29(23-28(33)6)42-21-12-11-18-37-17-10-9-16-30(37)34(41)36-32-25(3)14-13-15-26(32)4/h13-15,22-23,30,39H,7-12,16-21,24H2,1-6H3,(H-,35,36,40,41)/p+1. The monoisotopic (exact) mass is 581 g/mol. The summed E-state index contributed by atoms with van der Waals surface area (Å²) in [6, 6.07) is 9.98. The number of benzene rings is 2. The Hall–Kier alpha value is -2.94. The molecule has 1 unspecified atom stereocenters. The Morgan fingerprint density at radius 1 is 0.952 bits per heavy atom. The van der Waals surface area contributed by atoms with Crippen LogP contribution < -0.4 is 15.4 Å². The van der Waals surface area contributed by atoms with E-state index in [1.165, 1.54) is 0 Å². The fourth-order valence-corrected chi connectivity index (χ4v) is 6.12. The number of nitrogens with one attached hydrogen (secondary N) is 2. The van der Waals surface area contributed by atoms with Gasteiger partial charge in [0.2, 0.25) is 5.91 Å². The largest absolute Gasteiger partial charge is 0.494 e. The average molecular weight is 582 g/mol. The van der Waals surface area contributed by atoms with E-state index in [1.54, 1.807) is 0 Å². The molecule has 232 valence electrons. The topological polar surface area (TPSA) is 90.9 Å². The van der Waals surface area contributed by atoms with E-state index in [2.05, 4.69) is 29.4 Å². The Morgan fingerprint density at radius 3 is 2.21 bits per heavy atom. The van der Waals surface area contributed by atoms with E-state index in [-0.39, 0.29) is 24.5 Å². The molecule has 1 aliphatic heterocycles. The van der Waals surface area contributed by atoms with Gasteiger partial charge in [0.1, 0.15) is 12.3 Å². The first-order valence-electron chi connectivity index (χ1n) is 15.7. The van der Waals surface area contributed by atoms with Crippen molar-refractivity contribution >= 4 is 23.2 Å². The summed E-state index contributed by atoms with van der Waals surface area (Å²) in [5, 5.41) is 15.8. The molecule has 42 heavy (non-hydrogen) atoms. The van der Waals surface area contributed by atoms with Crippen molar-refractivity contribution in [2.24, 2.45) is 0 Å². The lowest BCUT2D eigenvalue weighted by atomic mass is 10.00. The predicted octanol–water partition coefficient (Wildman–Crippen LogP) is 5.36. The summed E-state index contributed by atoms with van der Waals surface area (Å²) in [4.78, 5) is 28.5. The van der Waals surface area contributed by atoms with E-state index in [4.69, 9.17) is 4.74 Å². The molecule has 1 fully saturated rings. The first-order valence-corrected chi connectivity index (χ1v) is 15.7. The second-order valence-corrected chi connectivity index (χ2v) is 11.9. The van der Waals surface area contributed by atoms with E-state index in [9.17, 15) is 14.7 Å². The number of aliphatic hydroxyl groups is 1. The van der Waals surface area contributed by atoms with Gasteiger partial charge in [-0.05, 0) is 115 Å². The quantitative estimate of drug-likeness (QED) is 0.195. The van der Waals surface area contributed by atoms with Crippen LogP contribution in [0.5, 0.6) is 5.75 Å². The highest BCUT2D eigenvalue weighted by Gasteiger charge is 2.29. The highest BCUT2D eigenvalue weighted by Crippen LogP contribution is 2.27. The zero-order chi connectivity index (χ0) is 30.7. The number of aliphatic hydroxyl groups excluding tert-OH is 1. The number of anilines is 2. The molecule has 2 aromatic rings. The number of piperidine rings is 1. The number of rotatable bonds is 15. The highest BCUT2D eigenvalue weighted by atomic mass is 16.5. The lowest BCUT2D eigenvalue weighted by molar-refractivity contribution is -0.917. The van der Waals surface area contributed by atoms with Gasteiger partial charge < -0.3 is 25.0 Å². The van der Waals surface area contributed by atoms with Crippen molar-refractivity contribution in [3.8, 4) is 5.75 Å². The lowest BCUT2D eigenvalue weighted by Gasteiger charge is -2.35. The Labute approximate surface area is 253 Å². The zero-order valence-electron chi connectivity index (χ0n) is 26.7. The van der Waals surface area contributed by atoms with Crippen molar-refractivity contribution in [1.82, 2.24) is 4.90 Å². The molecule has 3 rings (SSSR count). The maximum absolute atomic E-state index is 13.2. The summed E-state index contributed by atoms with van der Waals surface area (Å²) in [6.45, 7) is 17.2. The summed E-state index contributed by atoms with van der Waals surface area (Å²) in [5.41, 5.74) is 5.90. The van der Waals surface area contributed by atoms with Crippen LogP contribution in [0.4, 0.5) is 11.4 Å². The molecule has 2 amide bonds. The molecule has 2 aromatic carbocycles. The summed E-state index contributed by atoms with van der Waals surface area (Å²) in [6.07, 6.45) is 4.97. The summed E-state index contributed by atoms with van der Waals surface area (Å²) >= 11 is 0. The molecule has 0 spiro atoms. The van der Waals surface area contributed by atoms with Gasteiger partial charge in [-0.15, -0.1) is 0 Å². The number of carbonyl (C=O) groups is 2. The Balaban J connectivity index is 1.49. The van der Waals surface area contributed by atoms with Crippen LogP contribution in [0.3, 0.4) is 0 Å². The maximum atomic E-state index is 13.2. The minimum Gasteiger partial charge on any atom is -0.494 e. The number of para-hydroxylation sites is 1. The maximum Gasteiger partial charge on any atom is 0.279 e. The minimum atomic E-state index is -0.0889. The third-order valence-corrected chi connectivity index (χ3v) is 8.92. The van der Waals surface area contributed by atoms with Gasteiger partial charge in [-0.1, -0.05) is 24.6 Å². The number of likely N-dealkylation sites (N-methyl/N-ethyl adjacent to an activating group) is 1. The number of nitrogens with zero attached hydrogens (tertiary/aromatic N) is 2. The zero-order valence-corrected chi connectivity index (χ0v) is 26.7. The van der Waals surface area contributed by atoms with Crippen molar-refractivity contribution in [3.63, 3.8) is 0 Å². The molecule has 1 saturated heterocycles. The van der Waals surface area contributed by atoms with Crippen LogP contribution in [-0.2, 0) is 9.59 Å². The van der Waals surface area contributed by atoms with Crippen molar-refractivity contribution in [3.05, 3.63) is 52.6 Å². The molecule has 1 heterocycles. The molecule has 1 atom stereocenters. The molecule has 8 heteroatoms. The number of quaternary nitrogens is 1. The number of aryl methyl sites for hydroxylation is 4. The van der Waals surface area contributed by atoms with Gasteiger partial charge in [0.25, 0.3) is 5.91 Å². The van der Waals surface area contributed by atoms with Gasteiger partial charge >= 0.3 is 0 Å². The van der Waals surface area contributed by atoms with Crippen LogP contribution in [-0.4, -0.2) is 84.8 Å². The second kappa shape index (κ2) is 16.1. The lowest BCUT2D eigenvalue weighted by Crippen LogP contribution is -2.53. The number of hydrogen-bond donors (Lipinski definition) is 3. The number of hydrogen-bond acceptors (Lipinski definition) is 5. The molecule has 0 aliphatic carbocycles. The molecule has 8 nitrogen and oxygen atoms in total. The van der Waals surface area contributed by atoms with Crippen LogP contribution in [0.2, 0.25) is 0 Å². The molecule has 3 N–H and O–H groups in total. The SMILES string of the molecule is CC[N+](CC)(CCO)CC(=O)Nc1c(C)cc(OCCCCN2CCCCC2C(=O)Nc2c(C)cccc2C)cc1C. The van der Waals surface area contributed by atoms with Gasteiger partial charge in [0.05, 0.1) is 32.3 Å². The number of carbonyl (C=O) groups excluding carboxylic acids is 2. The smallest absolute Gasteiger partial charge is 0.279 e. The number of amides is 2. The van der Waals surface area contributed by atoms with Crippen molar-refractivity contribution in [2.75, 3.05) is 63.1 Å².